The summed E-state index contributed by atoms with van der Waals surface area (Å²) in [7, 11) is -2.51. The molecule has 0 amide bonds. The molecule has 0 bridgehead atoms. The van der Waals surface area contributed by atoms with Crippen molar-refractivity contribution in [3.63, 3.8) is 0 Å². The van der Waals surface area contributed by atoms with Crippen molar-refractivity contribution in [1.29, 1.82) is 0 Å². The van der Waals surface area contributed by atoms with E-state index in [2.05, 4.69) is 0 Å². The van der Waals surface area contributed by atoms with Gasteiger partial charge in [0.15, 0.2) is 5.82 Å². The number of hydrogen-bond acceptors (Lipinski definition) is 4. The summed E-state index contributed by atoms with van der Waals surface area (Å²) in [6.07, 6.45) is 0. The molecule has 25 heavy (non-hydrogen) atoms. The van der Waals surface area contributed by atoms with Crippen LogP contribution in [-0.4, -0.2) is 18.3 Å². The van der Waals surface area contributed by atoms with Crippen molar-refractivity contribution < 1.29 is 19.7 Å². The smallest absolute Gasteiger partial charge is 0.314 e. The average molecular weight is 358 g/mol. The number of ether oxygens (including phenoxy) is 2. The normalized spacial score (nSPS) is 12.7. The van der Waals surface area contributed by atoms with E-state index in [1.807, 2.05) is 60.7 Å². The molecule has 0 spiro atoms. The zero-order chi connectivity index (χ0) is 18.1. The van der Waals surface area contributed by atoms with Crippen molar-refractivity contribution in [2.24, 2.45) is 0 Å². The molecular weight excluding hydrogens is 335 g/mol. The van der Waals surface area contributed by atoms with E-state index in [1.165, 1.54) is 0 Å². The molecule has 0 aromatic heterocycles. The maximum absolute atomic E-state index is 12.3. The summed E-state index contributed by atoms with van der Waals surface area (Å²) >= 11 is 0. The molecule has 0 aliphatic rings. The van der Waals surface area contributed by atoms with Crippen LogP contribution < -0.4 is 15.7 Å². The molecule has 2 aromatic rings. The van der Waals surface area contributed by atoms with E-state index in [9.17, 15) is 10.2 Å². The van der Waals surface area contributed by atoms with Crippen LogP contribution in [0.2, 0.25) is 0 Å². The van der Waals surface area contributed by atoms with Crippen LogP contribution in [0.1, 0.15) is 13.8 Å². The van der Waals surface area contributed by atoms with Gasteiger partial charge in [0, 0.05) is 0 Å². The third kappa shape index (κ3) is 4.77. The second-order valence-electron chi connectivity index (χ2n) is 5.23. The van der Waals surface area contributed by atoms with E-state index in [4.69, 9.17) is 9.47 Å². The first-order valence-electron chi connectivity index (χ1n) is 8.19. The van der Waals surface area contributed by atoms with Crippen molar-refractivity contribution in [3.8, 4) is 0 Å². The second-order valence-corrected chi connectivity index (χ2v) is 8.33. The third-order valence-corrected chi connectivity index (χ3v) is 7.12. The molecule has 0 aliphatic heterocycles. The van der Waals surface area contributed by atoms with Gasteiger partial charge in [0.1, 0.15) is 17.9 Å². The average Bonchev–Trinajstić information content (AvgIpc) is 2.63. The minimum atomic E-state index is -2.51. The summed E-state index contributed by atoms with van der Waals surface area (Å²) in [5.74, 6) is 2.63. The van der Waals surface area contributed by atoms with Gasteiger partial charge in [-0.05, 0) is 37.8 Å². The number of benzene rings is 2. The van der Waals surface area contributed by atoms with Gasteiger partial charge in [-0.3, -0.25) is 0 Å². The van der Waals surface area contributed by atoms with E-state index in [0.29, 0.717) is 13.2 Å². The summed E-state index contributed by atoms with van der Waals surface area (Å²) in [6.45, 7) is 4.19. The van der Waals surface area contributed by atoms with Gasteiger partial charge in [-0.1, -0.05) is 43.3 Å². The summed E-state index contributed by atoms with van der Waals surface area (Å²) < 4.78 is 10.4. The van der Waals surface area contributed by atoms with E-state index in [0.717, 1.165) is 10.6 Å². The van der Waals surface area contributed by atoms with Gasteiger partial charge >= 0.3 is 5.95 Å². The molecule has 0 heterocycles. The van der Waals surface area contributed by atoms with Crippen LogP contribution in [0.4, 0.5) is 0 Å². The number of aliphatic hydroxyl groups excluding tert-OH is 1. The first-order valence-corrected chi connectivity index (χ1v) is 10.1. The Morgan fingerprint density at radius 3 is 1.80 bits per heavy atom. The Hall–Kier alpha value is -2.45. The molecule has 2 aromatic carbocycles. The fourth-order valence-corrected chi connectivity index (χ4v) is 5.67. The zero-order valence-electron chi connectivity index (χ0n) is 14.5. The van der Waals surface area contributed by atoms with E-state index in [1.54, 1.807) is 25.5 Å². The van der Waals surface area contributed by atoms with Gasteiger partial charge in [0.2, 0.25) is 0 Å². The van der Waals surface area contributed by atoms with Gasteiger partial charge in [-0.15, -0.1) is 0 Å². The lowest BCUT2D eigenvalue weighted by Gasteiger charge is -2.23. The Morgan fingerprint density at radius 1 is 0.880 bits per heavy atom. The highest BCUT2D eigenvalue weighted by atomic mass is 31.2. The molecule has 2 rings (SSSR count). The standard InChI is InChI=1S/C20H23O4P/c1-3-23-19(21)15-25(16-20(22)24-4-2,17-11-7-5-8-12-17)18-13-9-6-10-14-18/h5-16H,3-4H2,1-2H3,(H-,21,22)/b19-15+,20-16?. The van der Waals surface area contributed by atoms with Gasteiger partial charge in [0.25, 0.3) is 0 Å². The topological polar surface area (TPSA) is 61.8 Å². The molecule has 132 valence electrons. The summed E-state index contributed by atoms with van der Waals surface area (Å²) in [4.78, 5) is 0. The second kappa shape index (κ2) is 9.14. The molecule has 1 N–H and O–H groups in total. The van der Waals surface area contributed by atoms with Gasteiger partial charge in [0.05, 0.1) is 18.4 Å². The lowest BCUT2D eigenvalue weighted by molar-refractivity contribution is -0.356. The molecule has 0 saturated heterocycles. The Morgan fingerprint density at radius 2 is 1.36 bits per heavy atom. The van der Waals surface area contributed by atoms with E-state index < -0.39 is 13.2 Å². The predicted octanol–water partition coefficient (Wildman–Crippen LogP) is 3.24. The molecule has 0 atom stereocenters. The SMILES string of the molecule is CCOC([O-])=C[P+](/C=C(\O)OCC)(c1ccccc1)c1ccccc1. The van der Waals surface area contributed by atoms with Crippen molar-refractivity contribution in [2.75, 3.05) is 13.2 Å². The highest BCUT2D eigenvalue weighted by Gasteiger charge is 2.41. The van der Waals surface area contributed by atoms with E-state index in [-0.39, 0.29) is 5.95 Å². The molecular formula is C20H23O4P. The summed E-state index contributed by atoms with van der Waals surface area (Å²) in [5, 5.41) is 24.4. The fraction of sp³-hybridized carbons (Fsp3) is 0.200. The van der Waals surface area contributed by atoms with Crippen LogP contribution in [0.5, 0.6) is 0 Å². The molecule has 0 aliphatic carbocycles. The quantitative estimate of drug-likeness (QED) is 0.581. The first kappa shape index (κ1) is 18.9. The minimum absolute atomic E-state index is 0.191. The van der Waals surface area contributed by atoms with E-state index >= 15 is 0 Å². The minimum Gasteiger partial charge on any atom is -0.611 e. The van der Waals surface area contributed by atoms with Crippen LogP contribution in [0.25, 0.3) is 0 Å². The molecule has 4 nitrogen and oxygen atoms in total. The predicted molar refractivity (Wildman–Crippen MR) is 101 cm³/mol. The first-order chi connectivity index (χ1) is 12.1. The molecule has 0 fully saturated rings. The van der Waals surface area contributed by atoms with Crippen molar-refractivity contribution in [2.45, 2.75) is 13.8 Å². The molecule has 5 heteroatoms. The van der Waals surface area contributed by atoms with Gasteiger partial charge < -0.3 is 19.7 Å². The van der Waals surface area contributed by atoms with Crippen LogP contribution in [0.15, 0.2) is 84.2 Å². The zero-order valence-corrected chi connectivity index (χ0v) is 15.4. The number of rotatable bonds is 8. The van der Waals surface area contributed by atoms with Crippen molar-refractivity contribution in [1.82, 2.24) is 0 Å². The van der Waals surface area contributed by atoms with Crippen LogP contribution in [0, 0.1) is 0 Å². The number of aliphatic hydroxyl groups is 1. The van der Waals surface area contributed by atoms with Gasteiger partial charge in [-0.25, -0.2) is 0 Å². The van der Waals surface area contributed by atoms with Crippen LogP contribution in [0.3, 0.4) is 0 Å². The lowest BCUT2D eigenvalue weighted by atomic mass is 10.4. The Balaban J connectivity index is 2.73. The maximum Gasteiger partial charge on any atom is 0.314 e. The highest BCUT2D eigenvalue weighted by molar-refractivity contribution is 7.94. The summed E-state index contributed by atoms with van der Waals surface area (Å²) in [5.41, 5.74) is 0. The Bertz CT molecular complexity index is 647. The third-order valence-electron chi connectivity index (χ3n) is 3.57. The lowest BCUT2D eigenvalue weighted by Crippen LogP contribution is -2.22. The Kier molecular flexibility index (Phi) is 6.91. The van der Waals surface area contributed by atoms with Crippen LogP contribution in [-0.2, 0) is 9.47 Å². The Labute approximate surface area is 149 Å². The summed E-state index contributed by atoms with van der Waals surface area (Å²) in [6, 6.07) is 19.3. The maximum atomic E-state index is 12.3. The fourth-order valence-electron chi connectivity index (χ4n) is 2.54. The van der Waals surface area contributed by atoms with Crippen molar-refractivity contribution in [3.05, 3.63) is 84.2 Å². The monoisotopic (exact) mass is 358 g/mol. The molecule has 0 radical (unpaired) electrons. The van der Waals surface area contributed by atoms with Crippen molar-refractivity contribution >= 4 is 17.9 Å². The van der Waals surface area contributed by atoms with Gasteiger partial charge in [-0.2, -0.15) is 0 Å². The van der Waals surface area contributed by atoms with Crippen LogP contribution >= 0.6 is 7.26 Å². The number of hydrogen-bond donors (Lipinski definition) is 1. The molecule has 0 unspecified atom stereocenters. The molecule has 0 saturated carbocycles. The highest BCUT2D eigenvalue weighted by Crippen LogP contribution is 2.60. The largest absolute Gasteiger partial charge is 0.611 e.